The average molecular weight is 268 g/mol. The highest BCUT2D eigenvalue weighted by Crippen LogP contribution is 2.22. The van der Waals surface area contributed by atoms with Gasteiger partial charge in [-0.05, 0) is 31.9 Å². The van der Waals surface area contributed by atoms with Crippen molar-refractivity contribution >= 4 is 5.84 Å². The third-order valence-corrected chi connectivity index (χ3v) is 3.85. The molecule has 0 saturated carbocycles. The molecule has 4 heteroatoms. The van der Waals surface area contributed by atoms with Gasteiger partial charge in [-0.2, -0.15) is 5.10 Å². The predicted molar refractivity (Wildman–Crippen MR) is 80.0 cm³/mol. The molecule has 0 bridgehead atoms. The first-order valence-electron chi connectivity index (χ1n) is 7.08. The second kappa shape index (κ2) is 5.12. The largest absolute Gasteiger partial charge is 0.352 e. The lowest BCUT2D eigenvalue weighted by molar-refractivity contribution is 0.395. The number of nitrogens with zero attached hydrogens (tertiary/aromatic N) is 3. The van der Waals surface area contributed by atoms with Crippen LogP contribution in [0.4, 0.5) is 0 Å². The Hall–Kier alpha value is -2.10. The molecule has 1 aliphatic heterocycles. The summed E-state index contributed by atoms with van der Waals surface area (Å²) < 4.78 is 2.06. The Morgan fingerprint density at radius 1 is 1.20 bits per heavy atom. The monoisotopic (exact) mass is 268 g/mol. The van der Waals surface area contributed by atoms with E-state index in [1.807, 2.05) is 25.1 Å². The van der Waals surface area contributed by atoms with Gasteiger partial charge >= 0.3 is 0 Å². The van der Waals surface area contributed by atoms with Gasteiger partial charge in [0.2, 0.25) is 0 Å². The molecule has 2 heterocycles. The maximum Gasteiger partial charge on any atom is 0.128 e. The molecular formula is C16H20N4. The summed E-state index contributed by atoms with van der Waals surface area (Å²) in [6, 6.07) is 10.3. The molecule has 3 rings (SSSR count). The summed E-state index contributed by atoms with van der Waals surface area (Å²) in [4.78, 5) is 2.15. The smallest absolute Gasteiger partial charge is 0.128 e. The van der Waals surface area contributed by atoms with Gasteiger partial charge in [0.05, 0.1) is 5.69 Å². The summed E-state index contributed by atoms with van der Waals surface area (Å²) >= 11 is 0. The first kappa shape index (κ1) is 12.9. The standard InChI is InChI=1S/C16H20N4/c1-12-10-13(2)20(18-12)9-5-8-19-11-14-6-3-4-7-15(14)16(19)17/h3-4,6-7,10,17H,5,8-9,11H2,1-2H3. The maximum atomic E-state index is 8.22. The zero-order valence-corrected chi connectivity index (χ0v) is 12.1. The van der Waals surface area contributed by atoms with Gasteiger partial charge in [-0.3, -0.25) is 10.1 Å². The van der Waals surface area contributed by atoms with Gasteiger partial charge in [-0.25, -0.2) is 0 Å². The Kier molecular flexibility index (Phi) is 3.30. The Labute approximate surface area is 119 Å². The summed E-state index contributed by atoms with van der Waals surface area (Å²) in [5, 5.41) is 12.7. The predicted octanol–water partition coefficient (Wildman–Crippen LogP) is 2.73. The molecule has 1 aromatic heterocycles. The van der Waals surface area contributed by atoms with Crippen LogP contribution in [0.5, 0.6) is 0 Å². The van der Waals surface area contributed by atoms with Gasteiger partial charge in [0.1, 0.15) is 5.84 Å². The first-order valence-corrected chi connectivity index (χ1v) is 7.08. The Morgan fingerprint density at radius 2 is 2.00 bits per heavy atom. The molecule has 1 aromatic carbocycles. The van der Waals surface area contributed by atoms with Crippen molar-refractivity contribution in [2.75, 3.05) is 6.54 Å². The molecule has 0 fully saturated rings. The first-order chi connectivity index (χ1) is 9.65. The molecule has 20 heavy (non-hydrogen) atoms. The molecule has 0 spiro atoms. The van der Waals surface area contributed by atoms with E-state index in [0.29, 0.717) is 5.84 Å². The molecule has 2 aromatic rings. The molecule has 0 amide bonds. The summed E-state index contributed by atoms with van der Waals surface area (Å²) in [6.07, 6.45) is 1.01. The zero-order valence-electron chi connectivity index (χ0n) is 12.1. The van der Waals surface area contributed by atoms with Crippen LogP contribution >= 0.6 is 0 Å². The minimum atomic E-state index is 0.661. The Morgan fingerprint density at radius 3 is 2.70 bits per heavy atom. The molecule has 0 radical (unpaired) electrons. The fourth-order valence-electron chi connectivity index (χ4n) is 2.85. The number of rotatable bonds is 4. The van der Waals surface area contributed by atoms with E-state index < -0.39 is 0 Å². The number of aromatic nitrogens is 2. The molecule has 0 aliphatic carbocycles. The van der Waals surface area contributed by atoms with Crippen LogP contribution in [0.25, 0.3) is 0 Å². The number of fused-ring (bicyclic) bond motifs is 1. The van der Waals surface area contributed by atoms with Crippen LogP contribution in [0.1, 0.15) is 28.9 Å². The van der Waals surface area contributed by atoms with E-state index in [0.717, 1.165) is 37.3 Å². The van der Waals surface area contributed by atoms with Crippen LogP contribution < -0.4 is 0 Å². The molecule has 0 saturated heterocycles. The summed E-state index contributed by atoms with van der Waals surface area (Å²) in [5.41, 5.74) is 4.63. The van der Waals surface area contributed by atoms with Crippen LogP contribution in [0.2, 0.25) is 0 Å². The summed E-state index contributed by atoms with van der Waals surface area (Å²) in [7, 11) is 0. The molecule has 1 aliphatic rings. The number of hydrogen-bond acceptors (Lipinski definition) is 2. The van der Waals surface area contributed by atoms with E-state index in [1.54, 1.807) is 0 Å². The van der Waals surface area contributed by atoms with Crippen LogP contribution in [-0.2, 0) is 13.1 Å². The van der Waals surface area contributed by atoms with Crippen molar-refractivity contribution in [1.82, 2.24) is 14.7 Å². The number of aryl methyl sites for hydroxylation is 3. The van der Waals surface area contributed by atoms with E-state index in [4.69, 9.17) is 5.41 Å². The van der Waals surface area contributed by atoms with E-state index in [2.05, 4.69) is 33.7 Å². The molecule has 0 unspecified atom stereocenters. The van der Waals surface area contributed by atoms with Gasteiger partial charge in [0.15, 0.2) is 0 Å². The lowest BCUT2D eigenvalue weighted by Crippen LogP contribution is -2.26. The van der Waals surface area contributed by atoms with Gasteiger partial charge in [-0.15, -0.1) is 0 Å². The third kappa shape index (κ3) is 2.33. The van der Waals surface area contributed by atoms with Gasteiger partial charge in [0, 0.05) is 30.9 Å². The number of nitrogens with one attached hydrogen (secondary N) is 1. The maximum absolute atomic E-state index is 8.22. The molecule has 1 N–H and O–H groups in total. The van der Waals surface area contributed by atoms with E-state index in [9.17, 15) is 0 Å². The van der Waals surface area contributed by atoms with E-state index in [1.165, 1.54) is 11.3 Å². The highest BCUT2D eigenvalue weighted by molar-refractivity contribution is 6.00. The minimum absolute atomic E-state index is 0.661. The molecule has 104 valence electrons. The minimum Gasteiger partial charge on any atom is -0.352 e. The van der Waals surface area contributed by atoms with Crippen molar-refractivity contribution in [3.8, 4) is 0 Å². The second-order valence-corrected chi connectivity index (χ2v) is 5.43. The van der Waals surface area contributed by atoms with Crippen molar-refractivity contribution in [2.45, 2.75) is 33.4 Å². The van der Waals surface area contributed by atoms with Crippen molar-refractivity contribution in [3.05, 3.63) is 52.8 Å². The highest BCUT2D eigenvalue weighted by atomic mass is 15.3. The quantitative estimate of drug-likeness (QED) is 0.926. The summed E-state index contributed by atoms with van der Waals surface area (Å²) in [5.74, 6) is 0.661. The van der Waals surface area contributed by atoms with Crippen molar-refractivity contribution < 1.29 is 0 Å². The SMILES string of the molecule is Cc1cc(C)n(CCCN2Cc3ccccc3C2=N)n1. The van der Waals surface area contributed by atoms with Crippen LogP contribution in [0.15, 0.2) is 30.3 Å². The normalized spacial score (nSPS) is 13.9. The van der Waals surface area contributed by atoms with Crippen LogP contribution in [0.3, 0.4) is 0 Å². The second-order valence-electron chi connectivity index (χ2n) is 5.43. The Bertz CT molecular complexity index is 642. The van der Waals surface area contributed by atoms with Crippen LogP contribution in [0, 0.1) is 19.3 Å². The average Bonchev–Trinajstić information content (AvgIpc) is 2.91. The van der Waals surface area contributed by atoms with Gasteiger partial charge in [-0.1, -0.05) is 24.3 Å². The fourth-order valence-corrected chi connectivity index (χ4v) is 2.85. The number of benzene rings is 1. The summed E-state index contributed by atoms with van der Waals surface area (Å²) in [6.45, 7) is 6.81. The van der Waals surface area contributed by atoms with E-state index >= 15 is 0 Å². The lowest BCUT2D eigenvalue weighted by atomic mass is 10.1. The number of amidine groups is 1. The molecule has 0 atom stereocenters. The van der Waals surface area contributed by atoms with Crippen molar-refractivity contribution in [3.63, 3.8) is 0 Å². The third-order valence-electron chi connectivity index (χ3n) is 3.85. The zero-order chi connectivity index (χ0) is 14.1. The van der Waals surface area contributed by atoms with Crippen molar-refractivity contribution in [1.29, 1.82) is 5.41 Å². The number of hydrogen-bond donors (Lipinski definition) is 1. The lowest BCUT2D eigenvalue weighted by Gasteiger charge is -2.17. The topological polar surface area (TPSA) is 44.9 Å². The van der Waals surface area contributed by atoms with Gasteiger partial charge in [0.25, 0.3) is 0 Å². The Balaban J connectivity index is 1.58. The fraction of sp³-hybridized carbons (Fsp3) is 0.375. The molecule has 4 nitrogen and oxygen atoms in total. The highest BCUT2D eigenvalue weighted by Gasteiger charge is 2.22. The van der Waals surface area contributed by atoms with E-state index in [-0.39, 0.29) is 0 Å². The molecular weight excluding hydrogens is 248 g/mol. The van der Waals surface area contributed by atoms with Gasteiger partial charge < -0.3 is 4.90 Å². The van der Waals surface area contributed by atoms with Crippen LogP contribution in [-0.4, -0.2) is 27.1 Å². The van der Waals surface area contributed by atoms with Crippen molar-refractivity contribution in [2.24, 2.45) is 0 Å².